The van der Waals surface area contributed by atoms with E-state index in [0.29, 0.717) is 25.9 Å². The molecule has 3 atom stereocenters. The lowest BCUT2D eigenvalue weighted by Gasteiger charge is -2.40. The van der Waals surface area contributed by atoms with Crippen LogP contribution in [0, 0.1) is 10.8 Å². The van der Waals surface area contributed by atoms with Gasteiger partial charge in [-0.1, -0.05) is 100.0 Å². The quantitative estimate of drug-likeness (QED) is 0.0927. The van der Waals surface area contributed by atoms with Crippen LogP contribution in [-0.2, 0) is 24.0 Å². The number of carbonyl (C=O) groups excluding carboxylic acids is 6. The third-order valence-electron chi connectivity index (χ3n) is 7.87. The average molecular weight is 668 g/mol. The normalized spacial score (nSPS) is 18.7. The van der Waals surface area contributed by atoms with Crippen molar-refractivity contribution in [1.82, 2.24) is 25.6 Å². The van der Waals surface area contributed by atoms with Crippen molar-refractivity contribution in [2.45, 2.75) is 144 Å². The Hall–Kier alpha value is -2.73. The predicted molar refractivity (Wildman–Crippen MR) is 186 cm³/mol. The Kier molecular flexibility index (Phi) is 19.3. The number of hydrogen-bond donors (Lipinski definition) is 5. The molecule has 0 spiro atoms. The second-order valence-corrected chi connectivity index (χ2v) is 14.6. The van der Waals surface area contributed by atoms with Crippen molar-refractivity contribution >= 4 is 48.5 Å². The van der Waals surface area contributed by atoms with Crippen LogP contribution in [0.1, 0.15) is 120 Å². The van der Waals surface area contributed by atoms with Crippen LogP contribution in [0.25, 0.3) is 0 Å². The Bertz CT molecular complexity index is 1030. The molecule has 1 heterocycles. The fraction of sp³-hybridized carbons (Fsp3) is 0.765. The first-order chi connectivity index (χ1) is 21.3. The minimum absolute atomic E-state index is 0.129. The summed E-state index contributed by atoms with van der Waals surface area (Å²) in [5.41, 5.74) is -1.56. The average Bonchev–Trinajstić information content (AvgIpc) is 3.46. The summed E-state index contributed by atoms with van der Waals surface area (Å²) in [6.07, 6.45) is 9.88. The summed E-state index contributed by atoms with van der Waals surface area (Å²) < 4.78 is 2.38. The van der Waals surface area contributed by atoms with Gasteiger partial charge in [-0.15, -0.1) is 6.58 Å². The van der Waals surface area contributed by atoms with E-state index >= 15 is 0 Å². The maximum atomic E-state index is 13.2. The molecule has 2 aliphatic rings. The SMILES string of the molecule is C=CCNC(=O)C(=O)C(C)NS.CC(C)(C)C(=O)CC1(NC(=O)NC(C(=O)N2CCCC2C=O)C(C)(C)C)CCCCC1.CCC. The van der Waals surface area contributed by atoms with Crippen molar-refractivity contribution in [3.63, 3.8) is 0 Å². The maximum Gasteiger partial charge on any atom is 0.315 e. The number of nitrogens with one attached hydrogen (secondary N) is 4. The van der Waals surface area contributed by atoms with Crippen molar-refractivity contribution in [1.29, 1.82) is 0 Å². The lowest BCUT2D eigenvalue weighted by Crippen LogP contribution is -2.61. The number of rotatable bonds is 11. The number of hydrogen-bond acceptors (Lipinski definition) is 8. The summed E-state index contributed by atoms with van der Waals surface area (Å²) in [6.45, 7) is 21.5. The zero-order chi connectivity index (χ0) is 35.7. The van der Waals surface area contributed by atoms with Crippen LogP contribution in [0.5, 0.6) is 0 Å². The van der Waals surface area contributed by atoms with E-state index in [9.17, 15) is 28.8 Å². The highest BCUT2D eigenvalue weighted by Crippen LogP contribution is 2.34. The molecular weight excluding hydrogens is 606 g/mol. The molecular formula is C34H61N5O6S. The lowest BCUT2D eigenvalue weighted by molar-refractivity contribution is -0.138. The third-order valence-corrected chi connectivity index (χ3v) is 8.26. The second-order valence-electron chi connectivity index (χ2n) is 14.4. The first kappa shape index (κ1) is 43.3. The Morgan fingerprint density at radius 3 is 2.02 bits per heavy atom. The Morgan fingerprint density at radius 1 is 1.00 bits per heavy atom. The molecule has 4 amide bonds. The molecule has 12 heteroatoms. The number of nitrogens with zero attached hydrogens (tertiary/aromatic N) is 1. The van der Waals surface area contributed by atoms with Crippen molar-refractivity contribution in [2.24, 2.45) is 10.8 Å². The summed E-state index contributed by atoms with van der Waals surface area (Å²) in [5.74, 6) is -1.25. The van der Waals surface area contributed by atoms with Crippen molar-refractivity contribution in [3.8, 4) is 0 Å². The van der Waals surface area contributed by atoms with E-state index in [1.165, 1.54) is 12.5 Å². The number of likely N-dealkylation sites (tertiary alicyclic amines) is 1. The number of amides is 4. The van der Waals surface area contributed by atoms with Crippen molar-refractivity contribution < 1.29 is 28.8 Å². The van der Waals surface area contributed by atoms with Crippen LogP contribution in [0.3, 0.4) is 0 Å². The lowest BCUT2D eigenvalue weighted by atomic mass is 9.74. The highest BCUT2D eigenvalue weighted by Gasteiger charge is 2.42. The van der Waals surface area contributed by atoms with Crippen LogP contribution in [0.15, 0.2) is 12.7 Å². The molecule has 1 aliphatic heterocycles. The zero-order valence-corrected chi connectivity index (χ0v) is 30.6. The Labute approximate surface area is 282 Å². The fourth-order valence-electron chi connectivity index (χ4n) is 5.08. The summed E-state index contributed by atoms with van der Waals surface area (Å²) >= 11 is 3.67. The first-order valence-corrected chi connectivity index (χ1v) is 17.0. The van der Waals surface area contributed by atoms with Crippen LogP contribution in [0.4, 0.5) is 4.79 Å². The van der Waals surface area contributed by atoms with Gasteiger partial charge in [-0.25, -0.2) is 4.79 Å². The monoisotopic (exact) mass is 667 g/mol. The Morgan fingerprint density at radius 2 is 1.57 bits per heavy atom. The smallest absolute Gasteiger partial charge is 0.315 e. The number of Topliss-reactive ketones (excluding diaryl/α,β-unsaturated/α-hetero) is 2. The minimum Gasteiger partial charge on any atom is -0.346 e. The molecule has 1 aliphatic carbocycles. The van der Waals surface area contributed by atoms with E-state index in [1.54, 1.807) is 11.8 Å². The van der Waals surface area contributed by atoms with E-state index in [-0.39, 0.29) is 11.7 Å². The summed E-state index contributed by atoms with van der Waals surface area (Å²) in [7, 11) is 0. The van der Waals surface area contributed by atoms with Gasteiger partial charge in [0.1, 0.15) is 18.1 Å². The molecule has 0 aromatic rings. The van der Waals surface area contributed by atoms with Crippen LogP contribution in [-0.4, -0.2) is 77.4 Å². The number of ketones is 2. The maximum absolute atomic E-state index is 13.2. The molecule has 0 radical (unpaired) electrons. The van der Waals surface area contributed by atoms with Gasteiger partial charge in [-0.05, 0) is 38.0 Å². The highest BCUT2D eigenvalue weighted by molar-refractivity contribution is 7.78. The van der Waals surface area contributed by atoms with Gasteiger partial charge in [-0.3, -0.25) is 23.9 Å². The number of aldehydes is 1. The predicted octanol–water partition coefficient (Wildman–Crippen LogP) is 4.70. The molecule has 0 aromatic carbocycles. The highest BCUT2D eigenvalue weighted by atomic mass is 32.1. The molecule has 1 saturated heterocycles. The van der Waals surface area contributed by atoms with Crippen LogP contribution < -0.4 is 20.7 Å². The van der Waals surface area contributed by atoms with E-state index in [1.807, 2.05) is 41.5 Å². The molecule has 11 nitrogen and oxygen atoms in total. The molecule has 264 valence electrons. The van der Waals surface area contributed by atoms with Crippen LogP contribution in [0.2, 0.25) is 0 Å². The molecule has 46 heavy (non-hydrogen) atoms. The van der Waals surface area contributed by atoms with E-state index in [2.05, 4.69) is 53.9 Å². The minimum atomic E-state index is -0.757. The van der Waals surface area contributed by atoms with Gasteiger partial charge in [0.25, 0.3) is 5.91 Å². The topological polar surface area (TPSA) is 154 Å². The molecule has 2 fully saturated rings. The molecule has 0 bridgehead atoms. The molecule has 4 N–H and O–H groups in total. The van der Waals surface area contributed by atoms with Crippen molar-refractivity contribution in [3.05, 3.63) is 12.7 Å². The van der Waals surface area contributed by atoms with E-state index in [0.717, 1.165) is 44.8 Å². The second kappa shape index (κ2) is 20.5. The number of urea groups is 1. The fourth-order valence-corrected chi connectivity index (χ4v) is 5.20. The van der Waals surface area contributed by atoms with Gasteiger partial charge in [0.15, 0.2) is 0 Å². The van der Waals surface area contributed by atoms with E-state index in [4.69, 9.17) is 0 Å². The van der Waals surface area contributed by atoms with Gasteiger partial charge in [-0.2, -0.15) is 0 Å². The van der Waals surface area contributed by atoms with Gasteiger partial charge in [0.2, 0.25) is 11.7 Å². The third kappa shape index (κ3) is 14.8. The summed E-state index contributed by atoms with van der Waals surface area (Å²) in [6, 6.07) is -2.17. The van der Waals surface area contributed by atoms with Gasteiger partial charge < -0.3 is 25.6 Å². The molecule has 2 rings (SSSR count). The van der Waals surface area contributed by atoms with Gasteiger partial charge >= 0.3 is 6.03 Å². The first-order valence-electron chi connectivity index (χ1n) is 16.5. The number of carbonyl (C=O) groups is 6. The molecule has 3 unspecified atom stereocenters. The van der Waals surface area contributed by atoms with E-state index < -0.39 is 52.2 Å². The molecule has 0 aromatic heterocycles. The van der Waals surface area contributed by atoms with Crippen molar-refractivity contribution in [2.75, 3.05) is 13.1 Å². The number of thiol groups is 1. The standard InChI is InChI=1S/C24H41N3O4.C7H12N2O2S.C3H8/c1-22(2,3)18(29)15-24(12-8-7-9-13-24)26-21(31)25-19(23(4,5)6)20(30)27-14-10-11-17(27)16-28;1-3-4-8-7(11)6(10)5(2)9-12;1-3-2/h16-17,19H,7-15H2,1-6H3,(H2,25,26,31);3,5,9,12H,1,4H2,2H3,(H,8,11);3H2,1-2H3. The Balaban J connectivity index is 0.00000113. The largest absolute Gasteiger partial charge is 0.346 e. The van der Waals surface area contributed by atoms with Gasteiger partial charge in [0, 0.05) is 30.5 Å². The molecule has 1 saturated carbocycles. The van der Waals surface area contributed by atoms with Crippen LogP contribution >= 0.6 is 12.8 Å². The van der Waals surface area contributed by atoms with Gasteiger partial charge in [0.05, 0.1) is 12.1 Å². The summed E-state index contributed by atoms with van der Waals surface area (Å²) in [4.78, 5) is 74.0. The summed E-state index contributed by atoms with van der Waals surface area (Å²) in [5, 5.41) is 8.36. The zero-order valence-electron chi connectivity index (χ0n) is 29.7.